The number of aliphatic imine (C=N–C) groups is 1. The number of aryl methyl sites for hydroxylation is 1. The maximum Gasteiger partial charge on any atom is 0.573 e. The molecular weight excluding hydrogens is 454 g/mol. The second kappa shape index (κ2) is 9.44. The fraction of sp³-hybridized carbons (Fsp3) is 0.357. The molecule has 11 heteroatoms. The highest BCUT2D eigenvalue weighted by Gasteiger charge is 2.31. The number of aromatic nitrogens is 2. The van der Waals surface area contributed by atoms with Crippen molar-refractivity contribution in [2.45, 2.75) is 26.4 Å². The van der Waals surface area contributed by atoms with Crippen LogP contribution in [0.1, 0.15) is 17.3 Å². The minimum atomic E-state index is -4.74. The SMILES string of the molecule is CN=C(NCc1noc(C)n1)NCc1ccccc1OC(F)(F)F.I. The predicted octanol–water partition coefficient (Wildman–Crippen LogP) is 2.76. The fourth-order valence-electron chi connectivity index (χ4n) is 1.85. The zero-order valence-corrected chi connectivity index (χ0v) is 15.8. The topological polar surface area (TPSA) is 84.6 Å². The number of rotatable bonds is 5. The van der Waals surface area contributed by atoms with Crippen LogP contribution in [0.5, 0.6) is 5.75 Å². The van der Waals surface area contributed by atoms with Gasteiger partial charge in [-0.3, -0.25) is 4.99 Å². The van der Waals surface area contributed by atoms with E-state index in [0.29, 0.717) is 23.2 Å². The lowest BCUT2D eigenvalue weighted by molar-refractivity contribution is -0.274. The zero-order valence-electron chi connectivity index (χ0n) is 13.4. The van der Waals surface area contributed by atoms with Crippen LogP contribution in [0.3, 0.4) is 0 Å². The van der Waals surface area contributed by atoms with Crippen molar-refractivity contribution in [1.29, 1.82) is 0 Å². The highest BCUT2D eigenvalue weighted by Crippen LogP contribution is 2.25. The maximum absolute atomic E-state index is 12.4. The number of alkyl halides is 3. The van der Waals surface area contributed by atoms with Gasteiger partial charge in [0.15, 0.2) is 11.8 Å². The van der Waals surface area contributed by atoms with Gasteiger partial charge in [0, 0.05) is 26.1 Å². The standard InChI is InChI=1S/C14H16F3N5O2.HI/c1-9-21-12(22-24-9)8-20-13(18-2)19-7-10-5-3-4-6-11(10)23-14(15,16)17;/h3-6H,7-8H2,1-2H3,(H2,18,19,20);1H. The molecule has 25 heavy (non-hydrogen) atoms. The molecule has 2 rings (SSSR count). The number of halogens is 4. The van der Waals surface area contributed by atoms with Crippen molar-refractivity contribution >= 4 is 29.9 Å². The van der Waals surface area contributed by atoms with E-state index in [9.17, 15) is 13.2 Å². The van der Waals surface area contributed by atoms with Crippen molar-refractivity contribution in [3.05, 3.63) is 41.5 Å². The van der Waals surface area contributed by atoms with Crippen molar-refractivity contribution in [2.75, 3.05) is 7.05 Å². The Kier molecular flexibility index (Phi) is 7.93. The predicted molar refractivity (Wildman–Crippen MR) is 94.6 cm³/mol. The van der Waals surface area contributed by atoms with E-state index >= 15 is 0 Å². The first kappa shape index (κ1) is 21.0. The highest BCUT2D eigenvalue weighted by molar-refractivity contribution is 14.0. The van der Waals surface area contributed by atoms with Crippen LogP contribution in [0.4, 0.5) is 13.2 Å². The van der Waals surface area contributed by atoms with Gasteiger partial charge in [0.05, 0.1) is 6.54 Å². The maximum atomic E-state index is 12.4. The minimum absolute atomic E-state index is 0. The van der Waals surface area contributed by atoms with Crippen LogP contribution in [0.25, 0.3) is 0 Å². The Morgan fingerprint density at radius 1 is 1.24 bits per heavy atom. The van der Waals surface area contributed by atoms with Crippen LogP contribution in [0.15, 0.2) is 33.8 Å². The van der Waals surface area contributed by atoms with Gasteiger partial charge in [-0.05, 0) is 6.07 Å². The van der Waals surface area contributed by atoms with Crippen molar-refractivity contribution in [1.82, 2.24) is 20.8 Å². The summed E-state index contributed by atoms with van der Waals surface area (Å²) >= 11 is 0. The summed E-state index contributed by atoms with van der Waals surface area (Å²) in [5, 5.41) is 9.54. The second-order valence-corrected chi connectivity index (χ2v) is 4.66. The Labute approximate surface area is 159 Å². The average Bonchev–Trinajstić information content (AvgIpc) is 2.93. The first-order valence-corrected chi connectivity index (χ1v) is 6.95. The molecule has 0 radical (unpaired) electrons. The molecule has 0 bridgehead atoms. The molecule has 0 aliphatic carbocycles. The van der Waals surface area contributed by atoms with E-state index in [0.717, 1.165) is 0 Å². The number of para-hydroxylation sites is 1. The Morgan fingerprint density at radius 3 is 2.52 bits per heavy atom. The summed E-state index contributed by atoms with van der Waals surface area (Å²) in [7, 11) is 1.54. The molecule has 0 fully saturated rings. The van der Waals surface area contributed by atoms with Gasteiger partial charge in [0.1, 0.15) is 5.75 Å². The van der Waals surface area contributed by atoms with Gasteiger partial charge in [-0.25, -0.2) is 0 Å². The first-order valence-electron chi connectivity index (χ1n) is 6.95. The summed E-state index contributed by atoms with van der Waals surface area (Å²) < 4.78 is 46.0. The summed E-state index contributed by atoms with van der Waals surface area (Å²) in [6.07, 6.45) is -4.74. The normalized spacial score (nSPS) is 11.6. The fourth-order valence-corrected chi connectivity index (χ4v) is 1.85. The molecule has 0 saturated heterocycles. The molecule has 0 unspecified atom stereocenters. The molecule has 0 atom stereocenters. The molecule has 7 nitrogen and oxygen atoms in total. The zero-order chi connectivity index (χ0) is 17.6. The van der Waals surface area contributed by atoms with E-state index in [2.05, 4.69) is 30.5 Å². The molecule has 1 aromatic carbocycles. The lowest BCUT2D eigenvalue weighted by atomic mass is 10.2. The third-order valence-electron chi connectivity index (χ3n) is 2.85. The van der Waals surface area contributed by atoms with E-state index in [-0.39, 0.29) is 42.8 Å². The van der Waals surface area contributed by atoms with E-state index in [1.165, 1.54) is 25.2 Å². The van der Waals surface area contributed by atoms with Crippen LogP contribution in [0.2, 0.25) is 0 Å². The summed E-state index contributed by atoms with van der Waals surface area (Å²) in [6.45, 7) is 2.02. The molecule has 2 N–H and O–H groups in total. The Morgan fingerprint density at radius 2 is 1.92 bits per heavy atom. The van der Waals surface area contributed by atoms with Crippen molar-refractivity contribution in [3.8, 4) is 5.75 Å². The molecule has 1 aromatic heterocycles. The smallest absolute Gasteiger partial charge is 0.405 e. The summed E-state index contributed by atoms with van der Waals surface area (Å²) in [5.74, 6) is 0.991. The summed E-state index contributed by atoms with van der Waals surface area (Å²) in [4.78, 5) is 8.00. The summed E-state index contributed by atoms with van der Waals surface area (Å²) in [5.41, 5.74) is 0.341. The largest absolute Gasteiger partial charge is 0.573 e. The van der Waals surface area contributed by atoms with Gasteiger partial charge in [-0.15, -0.1) is 37.1 Å². The molecule has 0 aliphatic heterocycles. The van der Waals surface area contributed by atoms with E-state index in [4.69, 9.17) is 4.52 Å². The molecule has 0 amide bonds. The number of nitrogens with one attached hydrogen (secondary N) is 2. The van der Waals surface area contributed by atoms with Crippen molar-refractivity contribution in [2.24, 2.45) is 4.99 Å². The number of ether oxygens (including phenoxy) is 1. The van der Waals surface area contributed by atoms with Crippen LogP contribution in [-0.2, 0) is 13.1 Å². The third-order valence-corrected chi connectivity index (χ3v) is 2.85. The van der Waals surface area contributed by atoms with Gasteiger partial charge in [0.25, 0.3) is 0 Å². The Balaban J connectivity index is 0.00000312. The molecular formula is C14H17F3IN5O2. The molecule has 138 valence electrons. The van der Waals surface area contributed by atoms with Gasteiger partial charge in [-0.1, -0.05) is 23.4 Å². The van der Waals surface area contributed by atoms with Gasteiger partial charge in [-0.2, -0.15) is 4.98 Å². The van der Waals surface area contributed by atoms with E-state index in [1.54, 1.807) is 13.0 Å². The molecule has 0 saturated carbocycles. The highest BCUT2D eigenvalue weighted by atomic mass is 127. The van der Waals surface area contributed by atoms with E-state index in [1.807, 2.05) is 0 Å². The minimum Gasteiger partial charge on any atom is -0.405 e. The van der Waals surface area contributed by atoms with Crippen LogP contribution in [-0.4, -0.2) is 29.5 Å². The number of hydrogen-bond acceptors (Lipinski definition) is 5. The molecule has 2 aromatic rings. The molecule has 0 spiro atoms. The van der Waals surface area contributed by atoms with Crippen LogP contribution >= 0.6 is 24.0 Å². The van der Waals surface area contributed by atoms with Crippen molar-refractivity contribution in [3.63, 3.8) is 0 Å². The number of nitrogens with zero attached hydrogens (tertiary/aromatic N) is 3. The van der Waals surface area contributed by atoms with Crippen molar-refractivity contribution < 1.29 is 22.4 Å². The van der Waals surface area contributed by atoms with Crippen LogP contribution in [0, 0.1) is 6.92 Å². The number of hydrogen-bond donors (Lipinski definition) is 2. The van der Waals surface area contributed by atoms with Crippen LogP contribution < -0.4 is 15.4 Å². The number of guanidine groups is 1. The molecule has 0 aliphatic rings. The third kappa shape index (κ3) is 7.15. The van der Waals surface area contributed by atoms with E-state index < -0.39 is 6.36 Å². The van der Waals surface area contributed by atoms with Gasteiger partial charge >= 0.3 is 6.36 Å². The Hall–Kier alpha value is -2.05. The second-order valence-electron chi connectivity index (χ2n) is 4.66. The van der Waals surface area contributed by atoms with Gasteiger partial charge in [0.2, 0.25) is 5.89 Å². The Bertz CT molecular complexity index is 706. The first-order chi connectivity index (χ1) is 11.4. The summed E-state index contributed by atoms with van der Waals surface area (Å²) in [6, 6.07) is 5.88. The number of benzene rings is 1. The quantitative estimate of drug-likeness (QED) is 0.397. The lowest BCUT2D eigenvalue weighted by Gasteiger charge is -2.15. The average molecular weight is 471 g/mol. The lowest BCUT2D eigenvalue weighted by Crippen LogP contribution is -2.36. The van der Waals surface area contributed by atoms with Gasteiger partial charge < -0.3 is 19.9 Å². The monoisotopic (exact) mass is 471 g/mol. The molecule has 1 heterocycles.